The van der Waals surface area contributed by atoms with E-state index in [0.717, 1.165) is 44.7 Å². The number of hydrogen-bond donors (Lipinski definition) is 2. The molecule has 2 rings (SSSR count). The molecule has 1 fully saturated rings. The Kier molecular flexibility index (Phi) is 5.76. The van der Waals surface area contributed by atoms with Crippen LogP contribution >= 0.6 is 0 Å². The lowest BCUT2D eigenvalue weighted by Crippen LogP contribution is -2.55. The number of nitrogens with one attached hydrogen (secondary N) is 2. The van der Waals surface area contributed by atoms with Gasteiger partial charge in [-0.15, -0.1) is 0 Å². The van der Waals surface area contributed by atoms with Gasteiger partial charge >= 0.3 is 0 Å². The van der Waals surface area contributed by atoms with Crippen molar-refractivity contribution < 1.29 is 9.53 Å². The topological polar surface area (TPSA) is 70.2 Å². The summed E-state index contributed by atoms with van der Waals surface area (Å²) in [4.78, 5) is 14.3. The van der Waals surface area contributed by atoms with Gasteiger partial charge in [0.15, 0.2) is 0 Å². The van der Waals surface area contributed by atoms with Crippen molar-refractivity contribution in [3.63, 3.8) is 0 Å². The van der Waals surface area contributed by atoms with Gasteiger partial charge in [-0.1, -0.05) is 0 Å². The number of morpholine rings is 1. The van der Waals surface area contributed by atoms with Crippen LogP contribution in [-0.4, -0.2) is 59.4 Å². The Morgan fingerprint density at radius 1 is 1.48 bits per heavy atom. The minimum atomic E-state index is -0.0238. The molecule has 1 aromatic heterocycles. The summed E-state index contributed by atoms with van der Waals surface area (Å²) >= 11 is 0. The molecule has 1 aliphatic rings. The van der Waals surface area contributed by atoms with E-state index < -0.39 is 0 Å². The number of nitrogens with zero attached hydrogens (tertiary/aromatic N) is 2. The minimum absolute atomic E-state index is 0.0238. The molecule has 21 heavy (non-hydrogen) atoms. The third-order valence-electron chi connectivity index (χ3n) is 4.01. The fourth-order valence-electron chi connectivity index (χ4n) is 2.55. The summed E-state index contributed by atoms with van der Waals surface area (Å²) in [6.07, 6.45) is 5.98. The molecule has 0 aromatic carbocycles. The lowest BCUT2D eigenvalue weighted by Gasteiger charge is -2.40. The molecule has 1 aromatic rings. The van der Waals surface area contributed by atoms with Crippen molar-refractivity contribution in [1.82, 2.24) is 20.4 Å². The Bertz CT molecular complexity index is 425. The maximum atomic E-state index is 11.9. The predicted octanol–water partition coefficient (Wildman–Crippen LogP) is 0.959. The molecule has 0 spiro atoms. The molecule has 0 radical (unpaired) electrons. The summed E-state index contributed by atoms with van der Waals surface area (Å²) in [6.45, 7) is 8.45. The molecule has 118 valence electrons. The third-order valence-corrected chi connectivity index (χ3v) is 4.01. The number of amides is 1. The first-order valence-corrected chi connectivity index (χ1v) is 7.65. The summed E-state index contributed by atoms with van der Waals surface area (Å²) in [5, 5.41) is 9.74. The SMILES string of the molecule is CC(C)(CNC(=O)CCCc1cn[nH]c1)N1CCOCC1. The summed E-state index contributed by atoms with van der Waals surface area (Å²) < 4.78 is 5.37. The number of aryl methyl sites for hydroxylation is 1. The Morgan fingerprint density at radius 2 is 2.24 bits per heavy atom. The summed E-state index contributed by atoms with van der Waals surface area (Å²) in [5.74, 6) is 0.125. The zero-order chi connectivity index (χ0) is 15.1. The molecule has 0 aliphatic carbocycles. The number of H-pyrrole nitrogens is 1. The van der Waals surface area contributed by atoms with Gasteiger partial charge in [-0.3, -0.25) is 14.8 Å². The number of carbonyl (C=O) groups excluding carboxylic acids is 1. The Hall–Kier alpha value is -1.40. The fraction of sp³-hybridized carbons (Fsp3) is 0.733. The average Bonchev–Trinajstić information content (AvgIpc) is 2.99. The van der Waals surface area contributed by atoms with Gasteiger partial charge in [0, 0.05) is 37.8 Å². The zero-order valence-corrected chi connectivity index (χ0v) is 13.0. The van der Waals surface area contributed by atoms with Crippen molar-refractivity contribution in [2.24, 2.45) is 0 Å². The van der Waals surface area contributed by atoms with E-state index in [1.165, 1.54) is 0 Å². The Labute approximate surface area is 126 Å². The molecule has 2 N–H and O–H groups in total. The number of hydrogen-bond acceptors (Lipinski definition) is 4. The van der Waals surface area contributed by atoms with E-state index in [1.807, 2.05) is 6.20 Å². The van der Waals surface area contributed by atoms with Gasteiger partial charge in [0.2, 0.25) is 5.91 Å². The molecule has 6 heteroatoms. The van der Waals surface area contributed by atoms with Crippen LogP contribution in [0.15, 0.2) is 12.4 Å². The maximum absolute atomic E-state index is 11.9. The molecule has 1 aliphatic heterocycles. The second-order valence-electron chi connectivity index (χ2n) is 6.15. The molecule has 6 nitrogen and oxygen atoms in total. The van der Waals surface area contributed by atoms with Crippen LogP contribution in [0.4, 0.5) is 0 Å². The highest BCUT2D eigenvalue weighted by atomic mass is 16.5. The van der Waals surface area contributed by atoms with Gasteiger partial charge in [-0.2, -0.15) is 5.10 Å². The second kappa shape index (κ2) is 7.56. The van der Waals surface area contributed by atoms with Gasteiger partial charge < -0.3 is 10.1 Å². The number of rotatable bonds is 7. The van der Waals surface area contributed by atoms with Crippen molar-refractivity contribution in [2.75, 3.05) is 32.8 Å². The van der Waals surface area contributed by atoms with E-state index >= 15 is 0 Å². The molecule has 1 amide bonds. The normalized spacial score (nSPS) is 16.9. The lowest BCUT2D eigenvalue weighted by molar-refractivity contribution is -0.122. The van der Waals surface area contributed by atoms with Crippen molar-refractivity contribution in [2.45, 2.75) is 38.6 Å². The molecule has 0 unspecified atom stereocenters. The molecule has 2 heterocycles. The van der Waals surface area contributed by atoms with Gasteiger partial charge in [-0.05, 0) is 32.3 Å². The number of carbonyl (C=O) groups is 1. The molecule has 0 saturated carbocycles. The highest BCUT2D eigenvalue weighted by Gasteiger charge is 2.28. The van der Waals surface area contributed by atoms with Crippen LogP contribution in [0.25, 0.3) is 0 Å². The van der Waals surface area contributed by atoms with Gasteiger partial charge in [0.05, 0.1) is 19.4 Å². The van der Waals surface area contributed by atoms with Crippen LogP contribution in [0.5, 0.6) is 0 Å². The second-order valence-corrected chi connectivity index (χ2v) is 6.15. The summed E-state index contributed by atoms with van der Waals surface area (Å²) in [5.41, 5.74) is 1.13. The number of aromatic amines is 1. The van der Waals surface area contributed by atoms with Crippen molar-refractivity contribution in [1.29, 1.82) is 0 Å². The van der Waals surface area contributed by atoms with E-state index in [-0.39, 0.29) is 11.4 Å². The largest absolute Gasteiger partial charge is 0.379 e. The van der Waals surface area contributed by atoms with E-state index in [0.29, 0.717) is 13.0 Å². The predicted molar refractivity (Wildman–Crippen MR) is 81.0 cm³/mol. The number of ether oxygens (including phenoxy) is 1. The summed E-state index contributed by atoms with van der Waals surface area (Å²) in [7, 11) is 0. The highest BCUT2D eigenvalue weighted by molar-refractivity contribution is 5.75. The average molecular weight is 294 g/mol. The van der Waals surface area contributed by atoms with E-state index in [1.54, 1.807) is 6.20 Å². The van der Waals surface area contributed by atoms with Crippen LogP contribution in [0, 0.1) is 0 Å². The Balaban J connectivity index is 1.65. The quantitative estimate of drug-likeness (QED) is 0.786. The van der Waals surface area contributed by atoms with E-state index in [2.05, 4.69) is 34.3 Å². The van der Waals surface area contributed by atoms with Crippen molar-refractivity contribution >= 4 is 5.91 Å². The minimum Gasteiger partial charge on any atom is -0.379 e. The molecule has 0 bridgehead atoms. The van der Waals surface area contributed by atoms with Crippen LogP contribution in [0.3, 0.4) is 0 Å². The first-order chi connectivity index (χ1) is 10.1. The standard InChI is InChI=1S/C15H26N4O2/c1-15(2,19-6-8-21-9-7-19)12-16-14(20)5-3-4-13-10-17-18-11-13/h10-11H,3-9,12H2,1-2H3,(H,16,20)(H,17,18). The monoisotopic (exact) mass is 294 g/mol. The maximum Gasteiger partial charge on any atom is 0.220 e. The fourth-order valence-corrected chi connectivity index (χ4v) is 2.55. The Morgan fingerprint density at radius 3 is 2.90 bits per heavy atom. The van der Waals surface area contributed by atoms with E-state index in [9.17, 15) is 4.79 Å². The van der Waals surface area contributed by atoms with E-state index in [4.69, 9.17) is 4.74 Å². The smallest absolute Gasteiger partial charge is 0.220 e. The third kappa shape index (κ3) is 5.13. The lowest BCUT2D eigenvalue weighted by atomic mass is 10.0. The van der Waals surface area contributed by atoms with Gasteiger partial charge in [0.25, 0.3) is 0 Å². The van der Waals surface area contributed by atoms with Crippen LogP contribution in [0.1, 0.15) is 32.3 Å². The van der Waals surface area contributed by atoms with Gasteiger partial charge in [0.1, 0.15) is 0 Å². The van der Waals surface area contributed by atoms with Gasteiger partial charge in [-0.25, -0.2) is 0 Å². The number of aromatic nitrogens is 2. The molecule has 1 saturated heterocycles. The van der Waals surface area contributed by atoms with Crippen molar-refractivity contribution in [3.8, 4) is 0 Å². The first kappa shape index (κ1) is 16.0. The van der Waals surface area contributed by atoms with Crippen LogP contribution < -0.4 is 5.32 Å². The highest BCUT2D eigenvalue weighted by Crippen LogP contribution is 2.15. The zero-order valence-electron chi connectivity index (χ0n) is 13.0. The molecule has 0 atom stereocenters. The molecular weight excluding hydrogens is 268 g/mol. The molecular formula is C15H26N4O2. The van der Waals surface area contributed by atoms with Crippen LogP contribution in [0.2, 0.25) is 0 Å². The van der Waals surface area contributed by atoms with Crippen molar-refractivity contribution in [3.05, 3.63) is 18.0 Å². The first-order valence-electron chi connectivity index (χ1n) is 7.65. The summed E-state index contributed by atoms with van der Waals surface area (Å²) in [6, 6.07) is 0. The van der Waals surface area contributed by atoms with Crippen LogP contribution in [-0.2, 0) is 16.0 Å².